The summed E-state index contributed by atoms with van der Waals surface area (Å²) >= 11 is 0. The second-order valence-electron chi connectivity index (χ2n) is 11.8. The number of hydrogen-bond donors (Lipinski definition) is 0. The number of carbonyl (C=O) groups is 2. The van der Waals surface area contributed by atoms with Crippen LogP contribution in [0.1, 0.15) is 71.4 Å². The molecular weight excluding hydrogens is 527 g/mol. The summed E-state index contributed by atoms with van der Waals surface area (Å²) in [6, 6.07) is 16.2. The van der Waals surface area contributed by atoms with Gasteiger partial charge in [0.15, 0.2) is 0 Å². The van der Waals surface area contributed by atoms with E-state index in [0.717, 1.165) is 16.0 Å². The fourth-order valence-corrected chi connectivity index (χ4v) is 3.93. The zero-order chi connectivity index (χ0) is 30.5. The van der Waals surface area contributed by atoms with Crippen molar-refractivity contribution < 1.29 is 28.0 Å². The fourth-order valence-electron chi connectivity index (χ4n) is 3.93. The highest BCUT2D eigenvalue weighted by atomic mass is 19.1. The number of amides is 2. The van der Waals surface area contributed by atoms with Crippen LogP contribution >= 0.6 is 0 Å². The third-order valence-corrected chi connectivity index (χ3v) is 5.87. The quantitative estimate of drug-likeness (QED) is 0.237. The standard InChI is InChI=1S/C31H39FN4O5/c1-20(22-15-16-24(25(32)17-22)21-13-11-10-12-14-21)26-18-23(34-41-26)19-35(8)27(33-28(37)39-30(2,3)4)36(9)29(38)40-31(5,6)7/h10-18,20H,19H2,1-9H3. The number of halogens is 1. The van der Waals surface area contributed by atoms with E-state index in [2.05, 4.69) is 10.1 Å². The van der Waals surface area contributed by atoms with E-state index in [0.29, 0.717) is 17.0 Å². The molecule has 3 rings (SSSR count). The van der Waals surface area contributed by atoms with Gasteiger partial charge in [-0.3, -0.25) is 4.90 Å². The summed E-state index contributed by atoms with van der Waals surface area (Å²) in [6.07, 6.45) is -1.55. The number of aromatic nitrogens is 1. The topological polar surface area (TPSA) is 97.5 Å². The minimum absolute atomic E-state index is 0.00432. The van der Waals surface area contributed by atoms with Crippen molar-refractivity contribution in [1.82, 2.24) is 15.0 Å². The van der Waals surface area contributed by atoms with Gasteiger partial charge in [-0.2, -0.15) is 0 Å². The maximum Gasteiger partial charge on any atom is 0.437 e. The van der Waals surface area contributed by atoms with Crippen LogP contribution in [-0.4, -0.2) is 58.4 Å². The van der Waals surface area contributed by atoms with Crippen molar-refractivity contribution in [1.29, 1.82) is 0 Å². The molecule has 41 heavy (non-hydrogen) atoms. The molecule has 0 saturated heterocycles. The first-order valence-corrected chi connectivity index (χ1v) is 13.3. The lowest BCUT2D eigenvalue weighted by molar-refractivity contribution is 0.0383. The summed E-state index contributed by atoms with van der Waals surface area (Å²) in [6.45, 7) is 12.4. The second-order valence-corrected chi connectivity index (χ2v) is 11.8. The zero-order valence-electron chi connectivity index (χ0n) is 25.2. The van der Waals surface area contributed by atoms with Crippen LogP contribution in [0.15, 0.2) is 64.1 Å². The number of aliphatic imine (C=N–C) groups is 1. The Bertz CT molecular complexity index is 1390. The van der Waals surface area contributed by atoms with E-state index in [1.807, 2.05) is 43.3 Å². The molecule has 2 aromatic carbocycles. The van der Waals surface area contributed by atoms with Crippen molar-refractivity contribution in [3.63, 3.8) is 0 Å². The minimum Gasteiger partial charge on any atom is -0.443 e. The molecule has 0 spiro atoms. The monoisotopic (exact) mass is 566 g/mol. The molecule has 1 unspecified atom stereocenters. The van der Waals surface area contributed by atoms with E-state index in [-0.39, 0.29) is 24.2 Å². The zero-order valence-corrected chi connectivity index (χ0v) is 25.2. The Labute approximate surface area is 240 Å². The Balaban J connectivity index is 1.81. The normalized spacial score (nSPS) is 13.0. The van der Waals surface area contributed by atoms with Crippen LogP contribution < -0.4 is 0 Å². The van der Waals surface area contributed by atoms with E-state index < -0.39 is 23.4 Å². The summed E-state index contributed by atoms with van der Waals surface area (Å²) in [5.41, 5.74) is 1.05. The van der Waals surface area contributed by atoms with Crippen LogP contribution in [0.25, 0.3) is 11.1 Å². The summed E-state index contributed by atoms with van der Waals surface area (Å²) < 4.78 is 31.4. The number of rotatable bonds is 5. The van der Waals surface area contributed by atoms with Gasteiger partial charge in [0.1, 0.15) is 28.5 Å². The van der Waals surface area contributed by atoms with E-state index >= 15 is 0 Å². The molecule has 0 bridgehead atoms. The number of hydrogen-bond acceptors (Lipinski definition) is 6. The first kappa shape index (κ1) is 31.3. The van der Waals surface area contributed by atoms with Gasteiger partial charge >= 0.3 is 12.2 Å². The third-order valence-electron chi connectivity index (χ3n) is 5.87. The molecule has 3 aromatic rings. The second kappa shape index (κ2) is 12.5. The van der Waals surface area contributed by atoms with Crippen molar-refractivity contribution in [3.05, 3.63) is 77.4 Å². The first-order valence-electron chi connectivity index (χ1n) is 13.3. The molecule has 0 radical (unpaired) electrons. The lowest BCUT2D eigenvalue weighted by atomic mass is 9.95. The molecule has 0 aliphatic heterocycles. The SMILES string of the molecule is CC(c1ccc(-c2ccccc2)c(F)c1)c1cc(CN(C)C(=NC(=O)OC(C)(C)C)N(C)C(=O)OC(C)(C)C)no1. The van der Waals surface area contributed by atoms with Gasteiger partial charge < -0.3 is 18.9 Å². The Hall–Kier alpha value is -4.21. The molecular formula is C31H39FN4O5. The highest BCUT2D eigenvalue weighted by Crippen LogP contribution is 2.30. The fraction of sp³-hybridized carbons (Fsp3) is 0.419. The average molecular weight is 567 g/mol. The minimum atomic E-state index is -0.856. The molecule has 1 heterocycles. The number of ether oxygens (including phenoxy) is 2. The molecule has 2 amide bonds. The molecule has 0 saturated carbocycles. The van der Waals surface area contributed by atoms with Crippen molar-refractivity contribution in [3.8, 4) is 11.1 Å². The lowest BCUT2D eigenvalue weighted by Gasteiger charge is -2.29. The summed E-state index contributed by atoms with van der Waals surface area (Å²) in [5.74, 6) is -0.0653. The third kappa shape index (κ3) is 8.89. The van der Waals surface area contributed by atoms with Crippen LogP contribution in [0.3, 0.4) is 0 Å². The van der Waals surface area contributed by atoms with E-state index in [4.69, 9.17) is 14.0 Å². The van der Waals surface area contributed by atoms with Crippen LogP contribution in [0.2, 0.25) is 0 Å². The first-order chi connectivity index (χ1) is 19.0. The molecule has 0 N–H and O–H groups in total. The smallest absolute Gasteiger partial charge is 0.437 e. The number of nitrogens with zero attached hydrogens (tertiary/aromatic N) is 4. The van der Waals surface area contributed by atoms with Crippen molar-refractivity contribution in [2.75, 3.05) is 14.1 Å². The van der Waals surface area contributed by atoms with E-state index in [9.17, 15) is 14.0 Å². The molecule has 1 aromatic heterocycles. The maximum absolute atomic E-state index is 15.0. The number of benzene rings is 2. The highest BCUT2D eigenvalue weighted by molar-refractivity contribution is 5.98. The van der Waals surface area contributed by atoms with Crippen LogP contribution in [0, 0.1) is 5.82 Å². The van der Waals surface area contributed by atoms with Gasteiger partial charge in [-0.25, -0.2) is 14.0 Å². The number of carbonyl (C=O) groups excluding carboxylic acids is 2. The van der Waals surface area contributed by atoms with Gasteiger partial charge in [-0.1, -0.05) is 54.5 Å². The molecule has 0 aliphatic carbocycles. The Morgan fingerprint density at radius 3 is 2.20 bits per heavy atom. The van der Waals surface area contributed by atoms with Crippen molar-refractivity contribution in [2.45, 2.75) is 72.1 Å². The Morgan fingerprint density at radius 2 is 1.61 bits per heavy atom. The summed E-state index contributed by atoms with van der Waals surface area (Å²) in [7, 11) is 3.11. The van der Waals surface area contributed by atoms with Crippen molar-refractivity contribution in [2.24, 2.45) is 4.99 Å². The molecule has 10 heteroatoms. The molecule has 0 aliphatic rings. The van der Waals surface area contributed by atoms with Crippen LogP contribution in [0.4, 0.5) is 14.0 Å². The van der Waals surface area contributed by atoms with Crippen LogP contribution in [-0.2, 0) is 16.0 Å². The molecule has 1 atom stereocenters. The Morgan fingerprint density at radius 1 is 0.976 bits per heavy atom. The van der Waals surface area contributed by atoms with Crippen LogP contribution in [0.5, 0.6) is 0 Å². The van der Waals surface area contributed by atoms with Gasteiger partial charge in [0.05, 0.1) is 6.54 Å². The molecule has 0 fully saturated rings. The predicted octanol–water partition coefficient (Wildman–Crippen LogP) is 7.22. The summed E-state index contributed by atoms with van der Waals surface area (Å²) in [5, 5.41) is 4.16. The van der Waals surface area contributed by atoms with E-state index in [1.54, 1.807) is 65.6 Å². The predicted molar refractivity (Wildman–Crippen MR) is 155 cm³/mol. The number of guanidine groups is 1. The molecule has 9 nitrogen and oxygen atoms in total. The van der Waals surface area contributed by atoms with Gasteiger partial charge in [0.25, 0.3) is 0 Å². The van der Waals surface area contributed by atoms with Gasteiger partial charge in [-0.15, -0.1) is 4.99 Å². The Kier molecular flexibility index (Phi) is 9.57. The highest BCUT2D eigenvalue weighted by Gasteiger charge is 2.28. The van der Waals surface area contributed by atoms with Gasteiger partial charge in [-0.05, 0) is 58.7 Å². The van der Waals surface area contributed by atoms with E-state index in [1.165, 1.54) is 13.1 Å². The maximum atomic E-state index is 15.0. The average Bonchev–Trinajstić information content (AvgIpc) is 3.33. The largest absolute Gasteiger partial charge is 0.443 e. The van der Waals surface area contributed by atoms with Gasteiger partial charge in [0, 0.05) is 31.6 Å². The molecule has 220 valence electrons. The van der Waals surface area contributed by atoms with Gasteiger partial charge in [0.2, 0.25) is 5.96 Å². The summed E-state index contributed by atoms with van der Waals surface area (Å²) in [4.78, 5) is 32.1. The van der Waals surface area contributed by atoms with Crippen molar-refractivity contribution >= 4 is 18.1 Å². The lowest BCUT2D eigenvalue weighted by Crippen LogP contribution is -2.46.